The number of fused-ring (bicyclic) bond motifs is 7. The molecule has 0 saturated heterocycles. The van der Waals surface area contributed by atoms with Crippen molar-refractivity contribution in [1.29, 1.82) is 0 Å². The number of hydrogen-bond donors (Lipinski definition) is 4. The minimum absolute atomic E-state index is 0.0304. The van der Waals surface area contributed by atoms with Gasteiger partial charge in [0, 0.05) is 15.4 Å². The normalized spacial score (nSPS) is 58.2. The molecule has 0 amide bonds. The molecule has 0 radical (unpaired) electrons. The first-order valence-corrected chi connectivity index (χ1v) is 14.2. The maximum atomic E-state index is 12.8. The molecule has 5 heteroatoms. The standard InChI is InChI=1S/C28H44O3S2/c1-16-8-13-27(23(30)31)14-15-28(33)18(22(27)17(16)2)6-7-19-24(3)11-10-21(29)26(5,32)20(24)9-12-25(19,28)4/h6,16-17,19-22,29,32-33H,7-15H2,1-5H3,(H,30,31)/t16-,17+,19-,20?,21+,22+,24-,25-,26+,27+,28+/m1/s1. The largest absolute Gasteiger partial charge is 0.481 e. The summed E-state index contributed by atoms with van der Waals surface area (Å²) < 4.78 is -0.609. The first-order valence-electron chi connectivity index (χ1n) is 13.3. The van der Waals surface area contributed by atoms with Gasteiger partial charge in [0.25, 0.3) is 0 Å². The number of hydrogen-bond acceptors (Lipinski definition) is 4. The second kappa shape index (κ2) is 7.44. The minimum Gasteiger partial charge on any atom is -0.481 e. The first-order chi connectivity index (χ1) is 15.3. The van der Waals surface area contributed by atoms with E-state index in [9.17, 15) is 15.0 Å². The average molecular weight is 493 g/mol. The Balaban J connectivity index is 1.61. The molecular weight excluding hydrogens is 448 g/mol. The van der Waals surface area contributed by atoms with E-state index in [2.05, 4.69) is 40.7 Å². The van der Waals surface area contributed by atoms with Gasteiger partial charge in [0.1, 0.15) is 0 Å². The van der Waals surface area contributed by atoms with Crippen LogP contribution in [0.3, 0.4) is 0 Å². The molecule has 2 N–H and O–H groups in total. The third kappa shape index (κ3) is 2.91. The zero-order valence-electron chi connectivity index (χ0n) is 21.1. The Hall–Kier alpha value is -0.130. The van der Waals surface area contributed by atoms with Crippen LogP contribution in [0.5, 0.6) is 0 Å². The molecule has 4 fully saturated rings. The number of aliphatic hydroxyl groups is 1. The number of carbonyl (C=O) groups is 1. The van der Waals surface area contributed by atoms with Crippen molar-refractivity contribution in [3.8, 4) is 0 Å². The summed E-state index contributed by atoms with van der Waals surface area (Å²) in [7, 11) is 0. The van der Waals surface area contributed by atoms with Crippen molar-refractivity contribution in [1.82, 2.24) is 0 Å². The molecule has 0 aromatic heterocycles. The van der Waals surface area contributed by atoms with Crippen LogP contribution < -0.4 is 0 Å². The highest BCUT2D eigenvalue weighted by atomic mass is 32.1. The molecule has 5 rings (SSSR count). The number of aliphatic carboxylic acids is 1. The van der Waals surface area contributed by atoms with Crippen LogP contribution in [-0.4, -0.2) is 31.8 Å². The van der Waals surface area contributed by atoms with Crippen molar-refractivity contribution in [3.63, 3.8) is 0 Å². The van der Waals surface area contributed by atoms with Crippen molar-refractivity contribution in [2.24, 2.45) is 45.8 Å². The van der Waals surface area contributed by atoms with Crippen molar-refractivity contribution in [3.05, 3.63) is 11.6 Å². The summed E-state index contributed by atoms with van der Waals surface area (Å²) in [5, 5.41) is 21.3. The average Bonchev–Trinajstić information content (AvgIpc) is 2.74. The molecule has 0 aromatic carbocycles. The number of carboxylic acid groups (broad SMARTS) is 1. The Morgan fingerprint density at radius 1 is 0.970 bits per heavy atom. The molecule has 33 heavy (non-hydrogen) atoms. The van der Waals surface area contributed by atoms with Gasteiger partial charge in [0.05, 0.1) is 11.5 Å². The van der Waals surface area contributed by atoms with E-state index in [1.54, 1.807) is 0 Å². The van der Waals surface area contributed by atoms with Gasteiger partial charge in [0.2, 0.25) is 0 Å². The summed E-state index contributed by atoms with van der Waals surface area (Å²) in [6.45, 7) is 11.7. The van der Waals surface area contributed by atoms with E-state index in [0.717, 1.165) is 57.8 Å². The Kier molecular flexibility index (Phi) is 5.54. The third-order valence-electron chi connectivity index (χ3n) is 12.4. The molecule has 0 spiro atoms. The molecule has 5 aliphatic rings. The van der Waals surface area contributed by atoms with E-state index in [1.165, 1.54) is 5.57 Å². The van der Waals surface area contributed by atoms with Gasteiger partial charge in [-0.25, -0.2) is 0 Å². The summed E-state index contributed by atoms with van der Waals surface area (Å²) in [4.78, 5) is 12.8. The quantitative estimate of drug-likeness (QED) is 0.253. The van der Waals surface area contributed by atoms with Crippen LogP contribution >= 0.6 is 25.3 Å². The molecule has 0 aliphatic heterocycles. The summed E-state index contributed by atoms with van der Waals surface area (Å²) in [5.41, 5.74) is 0.895. The maximum Gasteiger partial charge on any atom is 0.310 e. The third-order valence-corrected chi connectivity index (χ3v) is 14.0. The van der Waals surface area contributed by atoms with Gasteiger partial charge in [-0.3, -0.25) is 4.79 Å². The van der Waals surface area contributed by atoms with Crippen LogP contribution in [0.25, 0.3) is 0 Å². The van der Waals surface area contributed by atoms with Gasteiger partial charge < -0.3 is 10.2 Å². The highest BCUT2D eigenvalue weighted by Crippen LogP contribution is 2.74. The summed E-state index contributed by atoms with van der Waals surface area (Å²) in [6.07, 6.45) is 10.5. The molecule has 4 saturated carbocycles. The second-order valence-corrected chi connectivity index (χ2v) is 15.1. The highest BCUT2D eigenvalue weighted by Gasteiger charge is 2.70. The van der Waals surface area contributed by atoms with Gasteiger partial charge in [-0.15, -0.1) is 0 Å². The van der Waals surface area contributed by atoms with Crippen molar-refractivity contribution in [2.75, 3.05) is 0 Å². The summed E-state index contributed by atoms with van der Waals surface area (Å²) in [6, 6.07) is 0. The van der Waals surface area contributed by atoms with Crippen LogP contribution in [-0.2, 0) is 4.79 Å². The Labute approximate surface area is 211 Å². The SMILES string of the molecule is C[C@H]1[C@H](C)CC[C@]2(C(=O)O)CC[C@]3(S)C(=CC[C@@H]4[C@@]5(C)CC[C@H](O)[C@@](C)(S)C5CC[C@]43C)[C@H]12. The molecule has 0 heterocycles. The van der Waals surface area contributed by atoms with Crippen molar-refractivity contribution in [2.45, 2.75) is 108 Å². The van der Waals surface area contributed by atoms with Crippen LogP contribution in [0.2, 0.25) is 0 Å². The lowest BCUT2D eigenvalue weighted by Gasteiger charge is -2.70. The number of aliphatic hydroxyl groups excluding tert-OH is 1. The molecule has 11 atom stereocenters. The zero-order chi connectivity index (χ0) is 24.2. The van der Waals surface area contributed by atoms with Crippen LogP contribution in [0.4, 0.5) is 0 Å². The Morgan fingerprint density at radius 2 is 1.67 bits per heavy atom. The molecule has 0 bridgehead atoms. The van der Waals surface area contributed by atoms with E-state index in [-0.39, 0.29) is 32.3 Å². The van der Waals surface area contributed by atoms with E-state index >= 15 is 0 Å². The van der Waals surface area contributed by atoms with Gasteiger partial charge in [-0.05, 0) is 99.2 Å². The number of thiol groups is 2. The summed E-state index contributed by atoms with van der Waals surface area (Å²) in [5.74, 6) is 1.29. The predicted molar refractivity (Wildman–Crippen MR) is 140 cm³/mol. The minimum atomic E-state index is -0.618. The lowest BCUT2D eigenvalue weighted by atomic mass is 9.37. The molecule has 1 unspecified atom stereocenters. The Morgan fingerprint density at radius 3 is 2.33 bits per heavy atom. The number of carboxylic acids is 1. The van der Waals surface area contributed by atoms with Crippen LogP contribution in [0.1, 0.15) is 92.4 Å². The molecule has 3 nitrogen and oxygen atoms in total. The fraction of sp³-hybridized carbons (Fsp3) is 0.893. The predicted octanol–water partition coefficient (Wildman–Crippen LogP) is 6.41. The molecule has 5 aliphatic carbocycles. The van der Waals surface area contributed by atoms with E-state index in [0.29, 0.717) is 23.7 Å². The smallest absolute Gasteiger partial charge is 0.310 e. The van der Waals surface area contributed by atoms with E-state index < -0.39 is 11.4 Å². The topological polar surface area (TPSA) is 57.5 Å². The first kappa shape index (κ1) is 24.6. The van der Waals surface area contributed by atoms with Gasteiger partial charge in [-0.2, -0.15) is 25.3 Å². The highest BCUT2D eigenvalue weighted by molar-refractivity contribution is 7.82. The lowest BCUT2D eigenvalue weighted by molar-refractivity contribution is -0.166. The van der Waals surface area contributed by atoms with Crippen molar-refractivity contribution < 1.29 is 15.0 Å². The monoisotopic (exact) mass is 492 g/mol. The van der Waals surface area contributed by atoms with E-state index in [4.69, 9.17) is 25.3 Å². The van der Waals surface area contributed by atoms with E-state index in [1.807, 2.05) is 0 Å². The fourth-order valence-electron chi connectivity index (χ4n) is 10.1. The Bertz CT molecular complexity index is 884. The number of allylic oxidation sites excluding steroid dienone is 1. The molecular formula is C28H44O3S2. The zero-order valence-corrected chi connectivity index (χ0v) is 22.9. The second-order valence-electron chi connectivity index (χ2n) is 13.4. The van der Waals surface area contributed by atoms with Gasteiger partial charge >= 0.3 is 5.97 Å². The maximum absolute atomic E-state index is 12.8. The lowest BCUT2D eigenvalue weighted by Crippen LogP contribution is -2.67. The molecule has 0 aromatic rings. The van der Waals surface area contributed by atoms with Crippen LogP contribution in [0.15, 0.2) is 11.6 Å². The summed E-state index contributed by atoms with van der Waals surface area (Å²) >= 11 is 10.7. The molecule has 186 valence electrons. The fourth-order valence-corrected chi connectivity index (χ4v) is 11.3. The van der Waals surface area contributed by atoms with Gasteiger partial charge in [-0.1, -0.05) is 39.3 Å². The van der Waals surface area contributed by atoms with Gasteiger partial charge in [0.15, 0.2) is 0 Å². The van der Waals surface area contributed by atoms with Crippen LogP contribution in [0, 0.1) is 45.8 Å². The number of rotatable bonds is 1. The van der Waals surface area contributed by atoms with Crippen molar-refractivity contribution >= 4 is 31.2 Å².